The molecule has 0 unspecified atom stereocenters. The molecule has 0 bridgehead atoms. The summed E-state index contributed by atoms with van der Waals surface area (Å²) in [4.78, 5) is 16.1. The Kier molecular flexibility index (Phi) is 5.44. The number of carbonyl (C=O) groups is 1. The highest BCUT2D eigenvalue weighted by Gasteiger charge is 2.26. The van der Waals surface area contributed by atoms with Crippen molar-refractivity contribution in [2.24, 2.45) is 0 Å². The molecule has 4 nitrogen and oxygen atoms in total. The van der Waals surface area contributed by atoms with Gasteiger partial charge in [-0.2, -0.15) is 0 Å². The van der Waals surface area contributed by atoms with E-state index in [0.29, 0.717) is 12.1 Å². The first-order valence-electron chi connectivity index (χ1n) is 9.36. The molecular weight excluding hydrogens is 298 g/mol. The Balaban J connectivity index is 1.51. The number of hydrogen-bond acceptors (Lipinski definition) is 3. The summed E-state index contributed by atoms with van der Waals surface area (Å²) in [5, 5.41) is 3.82. The van der Waals surface area contributed by atoms with Crippen LogP contribution in [0.1, 0.15) is 43.7 Å². The van der Waals surface area contributed by atoms with Gasteiger partial charge in [0, 0.05) is 50.9 Å². The van der Waals surface area contributed by atoms with Gasteiger partial charge in [0.05, 0.1) is 0 Å². The van der Waals surface area contributed by atoms with E-state index in [0.717, 1.165) is 32.6 Å². The molecule has 1 aromatic carbocycles. The van der Waals surface area contributed by atoms with Crippen molar-refractivity contribution in [3.05, 3.63) is 29.3 Å². The van der Waals surface area contributed by atoms with Gasteiger partial charge in [-0.25, -0.2) is 0 Å². The molecule has 2 heterocycles. The molecule has 0 saturated carbocycles. The zero-order valence-electron chi connectivity index (χ0n) is 15.3. The van der Waals surface area contributed by atoms with Crippen molar-refractivity contribution >= 4 is 11.6 Å². The van der Waals surface area contributed by atoms with Crippen LogP contribution in [0.3, 0.4) is 0 Å². The van der Waals surface area contributed by atoms with E-state index in [1.165, 1.54) is 36.1 Å². The highest BCUT2D eigenvalue weighted by atomic mass is 16.2. The standard InChI is InChI=1S/C20H31N3O/c1-15-11-16(2)13-20(12-15)22-9-6-18(7-10-22)21-19-5-4-8-23(14-19)17(3)24/h11-13,18-19,21H,4-10,14H2,1-3H3/t19-/m1/s1. The fourth-order valence-corrected chi connectivity index (χ4v) is 4.17. The fourth-order valence-electron chi connectivity index (χ4n) is 4.17. The second kappa shape index (κ2) is 7.56. The van der Waals surface area contributed by atoms with Crippen LogP contribution in [0.4, 0.5) is 5.69 Å². The van der Waals surface area contributed by atoms with Gasteiger partial charge in [0.25, 0.3) is 0 Å². The van der Waals surface area contributed by atoms with Gasteiger partial charge in [-0.3, -0.25) is 4.79 Å². The maximum Gasteiger partial charge on any atom is 0.219 e. The summed E-state index contributed by atoms with van der Waals surface area (Å²) in [5.41, 5.74) is 4.06. The summed E-state index contributed by atoms with van der Waals surface area (Å²) in [7, 11) is 0. The van der Waals surface area contributed by atoms with E-state index in [2.05, 4.69) is 42.3 Å². The van der Waals surface area contributed by atoms with E-state index in [1.54, 1.807) is 6.92 Å². The molecule has 2 aliphatic heterocycles. The Hall–Kier alpha value is -1.55. The molecule has 24 heavy (non-hydrogen) atoms. The minimum Gasteiger partial charge on any atom is -0.371 e. The number of likely N-dealkylation sites (tertiary alicyclic amines) is 1. The van der Waals surface area contributed by atoms with Crippen LogP contribution in [0.5, 0.6) is 0 Å². The molecule has 0 radical (unpaired) electrons. The highest BCUT2D eigenvalue weighted by molar-refractivity contribution is 5.73. The van der Waals surface area contributed by atoms with E-state index in [1.807, 2.05) is 4.90 Å². The molecule has 132 valence electrons. The van der Waals surface area contributed by atoms with E-state index in [-0.39, 0.29) is 5.91 Å². The third-order valence-corrected chi connectivity index (χ3v) is 5.40. The first kappa shape index (κ1) is 17.3. The van der Waals surface area contributed by atoms with Crippen LogP contribution < -0.4 is 10.2 Å². The molecule has 0 aliphatic carbocycles. The predicted molar refractivity (Wildman–Crippen MR) is 99.6 cm³/mol. The number of nitrogens with one attached hydrogen (secondary N) is 1. The minimum atomic E-state index is 0.214. The lowest BCUT2D eigenvalue weighted by atomic mass is 9.99. The van der Waals surface area contributed by atoms with Crippen LogP contribution in [-0.4, -0.2) is 49.1 Å². The van der Waals surface area contributed by atoms with Crippen molar-refractivity contribution in [1.29, 1.82) is 0 Å². The van der Waals surface area contributed by atoms with Crippen molar-refractivity contribution in [1.82, 2.24) is 10.2 Å². The van der Waals surface area contributed by atoms with E-state index in [9.17, 15) is 4.79 Å². The lowest BCUT2D eigenvalue weighted by Crippen LogP contribution is -2.52. The van der Waals surface area contributed by atoms with Crippen molar-refractivity contribution in [2.45, 2.75) is 58.5 Å². The number of anilines is 1. The molecule has 0 aromatic heterocycles. The van der Waals surface area contributed by atoms with Crippen LogP contribution in [0.25, 0.3) is 0 Å². The molecule has 1 atom stereocenters. The summed E-state index contributed by atoms with van der Waals surface area (Å²) < 4.78 is 0. The average molecular weight is 329 g/mol. The highest BCUT2D eigenvalue weighted by Crippen LogP contribution is 2.23. The quantitative estimate of drug-likeness (QED) is 0.926. The molecule has 2 saturated heterocycles. The Labute approximate surface area is 146 Å². The molecule has 3 rings (SSSR count). The normalized spacial score (nSPS) is 22.7. The molecule has 1 aromatic rings. The Morgan fingerprint density at radius 1 is 1.00 bits per heavy atom. The second-order valence-corrected chi connectivity index (χ2v) is 7.58. The smallest absolute Gasteiger partial charge is 0.219 e. The van der Waals surface area contributed by atoms with Gasteiger partial charge in [-0.1, -0.05) is 6.07 Å². The third kappa shape index (κ3) is 4.29. The van der Waals surface area contributed by atoms with Crippen LogP contribution in [-0.2, 0) is 4.79 Å². The van der Waals surface area contributed by atoms with Crippen LogP contribution in [0, 0.1) is 13.8 Å². The zero-order valence-corrected chi connectivity index (χ0v) is 15.3. The monoisotopic (exact) mass is 329 g/mol. The number of piperidine rings is 2. The number of nitrogens with zero attached hydrogens (tertiary/aromatic N) is 2. The number of hydrogen-bond donors (Lipinski definition) is 1. The van der Waals surface area contributed by atoms with Crippen LogP contribution in [0.15, 0.2) is 18.2 Å². The summed E-state index contributed by atoms with van der Waals surface area (Å²) in [6, 6.07) is 7.89. The van der Waals surface area contributed by atoms with E-state index < -0.39 is 0 Å². The maximum absolute atomic E-state index is 11.6. The van der Waals surface area contributed by atoms with Gasteiger partial charge >= 0.3 is 0 Å². The summed E-state index contributed by atoms with van der Waals surface area (Å²) in [5.74, 6) is 0.214. The van der Waals surface area contributed by atoms with Gasteiger partial charge in [0.15, 0.2) is 0 Å². The Bertz CT molecular complexity index is 558. The molecule has 1 N–H and O–H groups in total. The van der Waals surface area contributed by atoms with Crippen molar-refractivity contribution in [3.63, 3.8) is 0 Å². The molecule has 0 spiro atoms. The topological polar surface area (TPSA) is 35.6 Å². The van der Waals surface area contributed by atoms with Crippen molar-refractivity contribution in [2.75, 3.05) is 31.1 Å². The third-order valence-electron chi connectivity index (χ3n) is 5.40. The summed E-state index contributed by atoms with van der Waals surface area (Å²) in [6.07, 6.45) is 4.69. The second-order valence-electron chi connectivity index (χ2n) is 7.58. The lowest BCUT2D eigenvalue weighted by Gasteiger charge is -2.39. The van der Waals surface area contributed by atoms with Gasteiger partial charge in [-0.05, 0) is 62.8 Å². The Morgan fingerprint density at radius 2 is 1.67 bits per heavy atom. The summed E-state index contributed by atoms with van der Waals surface area (Å²) >= 11 is 0. The SMILES string of the molecule is CC(=O)N1CCC[C@@H](NC2CCN(c3cc(C)cc(C)c3)CC2)C1. The van der Waals surface area contributed by atoms with Gasteiger partial charge < -0.3 is 15.1 Å². The first-order chi connectivity index (χ1) is 11.5. The summed E-state index contributed by atoms with van der Waals surface area (Å²) in [6.45, 7) is 10.1. The molecule has 1 amide bonds. The number of aryl methyl sites for hydroxylation is 2. The van der Waals surface area contributed by atoms with Gasteiger partial charge in [-0.15, -0.1) is 0 Å². The lowest BCUT2D eigenvalue weighted by molar-refractivity contribution is -0.130. The number of benzene rings is 1. The van der Waals surface area contributed by atoms with E-state index in [4.69, 9.17) is 0 Å². The molecule has 4 heteroatoms. The first-order valence-corrected chi connectivity index (χ1v) is 9.36. The fraction of sp³-hybridized carbons (Fsp3) is 0.650. The van der Waals surface area contributed by atoms with Gasteiger partial charge in [0.2, 0.25) is 5.91 Å². The number of carbonyl (C=O) groups excluding carboxylic acids is 1. The zero-order chi connectivity index (χ0) is 17.1. The van der Waals surface area contributed by atoms with Crippen molar-refractivity contribution in [3.8, 4) is 0 Å². The van der Waals surface area contributed by atoms with E-state index >= 15 is 0 Å². The largest absolute Gasteiger partial charge is 0.371 e. The molecule has 2 aliphatic rings. The molecular formula is C20H31N3O. The van der Waals surface area contributed by atoms with Gasteiger partial charge in [0.1, 0.15) is 0 Å². The minimum absolute atomic E-state index is 0.214. The number of rotatable bonds is 3. The average Bonchev–Trinajstić information content (AvgIpc) is 2.55. The Morgan fingerprint density at radius 3 is 2.29 bits per heavy atom. The maximum atomic E-state index is 11.6. The number of amides is 1. The van der Waals surface area contributed by atoms with Crippen LogP contribution >= 0.6 is 0 Å². The van der Waals surface area contributed by atoms with Crippen LogP contribution in [0.2, 0.25) is 0 Å². The molecule has 2 fully saturated rings. The predicted octanol–water partition coefficient (Wildman–Crippen LogP) is 2.87. The van der Waals surface area contributed by atoms with Crippen molar-refractivity contribution < 1.29 is 4.79 Å².